The number of nitrogens with zero attached hydrogens (tertiary/aromatic N) is 1. The van der Waals surface area contributed by atoms with Gasteiger partial charge in [0, 0.05) is 28.7 Å². The van der Waals surface area contributed by atoms with Gasteiger partial charge in [0.05, 0.1) is 12.7 Å². The number of hydrogen-bond acceptors (Lipinski definition) is 4. The number of ether oxygens (including phenoxy) is 2. The molecule has 1 saturated carbocycles. The van der Waals surface area contributed by atoms with Gasteiger partial charge in [-0.3, -0.25) is 0 Å². The van der Waals surface area contributed by atoms with Crippen LogP contribution < -0.4 is 4.74 Å². The second-order valence-electron chi connectivity index (χ2n) is 6.37. The molecule has 0 saturated heterocycles. The normalized spacial score (nSPS) is 13.7. The summed E-state index contributed by atoms with van der Waals surface area (Å²) in [7, 11) is 1.38. The number of methoxy groups -OCH3 is 1. The summed E-state index contributed by atoms with van der Waals surface area (Å²) >= 11 is 0. The highest BCUT2D eigenvalue weighted by molar-refractivity contribution is 6.06. The maximum Gasteiger partial charge on any atom is 0.340 e. The first-order valence-corrected chi connectivity index (χ1v) is 8.02. The van der Waals surface area contributed by atoms with Crippen LogP contribution in [0.25, 0.3) is 10.9 Å². The van der Waals surface area contributed by atoms with Crippen molar-refractivity contribution in [3.63, 3.8) is 0 Å². The molecule has 0 spiro atoms. The van der Waals surface area contributed by atoms with Gasteiger partial charge >= 0.3 is 11.9 Å². The minimum atomic E-state index is -0.424. The summed E-state index contributed by atoms with van der Waals surface area (Å²) in [6.45, 7) is 5.59. The zero-order valence-corrected chi connectivity index (χ0v) is 14.4. The van der Waals surface area contributed by atoms with Crippen LogP contribution >= 0.6 is 0 Å². The molecule has 1 aromatic carbocycles. The van der Waals surface area contributed by atoms with Crippen molar-refractivity contribution < 1.29 is 19.1 Å². The lowest BCUT2D eigenvalue weighted by atomic mass is 10.1. The molecule has 1 fully saturated rings. The molecule has 0 atom stereocenters. The Morgan fingerprint density at radius 1 is 1.25 bits per heavy atom. The van der Waals surface area contributed by atoms with Crippen LogP contribution in [0.5, 0.6) is 5.75 Å². The number of rotatable bonds is 4. The minimum absolute atomic E-state index is 0.371. The maximum absolute atomic E-state index is 12.2. The van der Waals surface area contributed by atoms with E-state index in [0.29, 0.717) is 17.4 Å². The lowest BCUT2D eigenvalue weighted by Crippen LogP contribution is -2.05. The molecule has 0 radical (unpaired) electrons. The van der Waals surface area contributed by atoms with E-state index >= 15 is 0 Å². The number of benzene rings is 1. The van der Waals surface area contributed by atoms with E-state index in [4.69, 9.17) is 9.47 Å². The van der Waals surface area contributed by atoms with E-state index in [2.05, 4.69) is 4.57 Å². The fraction of sp³-hybridized carbons (Fsp3) is 0.368. The van der Waals surface area contributed by atoms with Crippen LogP contribution in [0.4, 0.5) is 0 Å². The average molecular weight is 327 g/mol. The lowest BCUT2D eigenvalue weighted by Gasteiger charge is -2.06. The van der Waals surface area contributed by atoms with Crippen LogP contribution in [0, 0.1) is 6.92 Å². The zero-order chi connectivity index (χ0) is 17.4. The fourth-order valence-electron chi connectivity index (χ4n) is 3.03. The quantitative estimate of drug-likeness (QED) is 0.485. The van der Waals surface area contributed by atoms with Gasteiger partial charge in [0.15, 0.2) is 0 Å². The third kappa shape index (κ3) is 2.94. The van der Waals surface area contributed by atoms with Gasteiger partial charge in [-0.25, -0.2) is 9.59 Å². The zero-order valence-electron chi connectivity index (χ0n) is 14.4. The SMILES string of the molecule is COC(=O)c1c(C)n(C2CC2)c2ccc(OC(=O)C=C(C)C)cc12. The van der Waals surface area contributed by atoms with Crippen LogP contribution in [0.1, 0.15) is 48.8 Å². The molecule has 1 aromatic heterocycles. The molecular weight excluding hydrogens is 306 g/mol. The smallest absolute Gasteiger partial charge is 0.340 e. The van der Waals surface area contributed by atoms with Crippen molar-refractivity contribution in [1.82, 2.24) is 4.57 Å². The minimum Gasteiger partial charge on any atom is -0.465 e. The molecule has 1 aliphatic rings. The summed E-state index contributed by atoms with van der Waals surface area (Å²) in [5.74, 6) is -0.375. The Hall–Kier alpha value is -2.56. The molecular formula is C19H21NO4. The molecule has 0 unspecified atom stereocenters. The van der Waals surface area contributed by atoms with Gasteiger partial charge in [0.2, 0.25) is 0 Å². The number of esters is 2. The van der Waals surface area contributed by atoms with E-state index < -0.39 is 5.97 Å². The van der Waals surface area contributed by atoms with Crippen LogP contribution in [-0.2, 0) is 9.53 Å². The van der Waals surface area contributed by atoms with Crippen molar-refractivity contribution in [2.75, 3.05) is 7.11 Å². The molecule has 0 bridgehead atoms. The third-order valence-electron chi connectivity index (χ3n) is 4.15. The lowest BCUT2D eigenvalue weighted by molar-refractivity contribution is -0.129. The first kappa shape index (κ1) is 16.3. The van der Waals surface area contributed by atoms with Gasteiger partial charge in [-0.2, -0.15) is 0 Å². The Labute approximate surface area is 140 Å². The first-order valence-electron chi connectivity index (χ1n) is 8.02. The number of allylic oxidation sites excluding steroid dienone is 1. The maximum atomic E-state index is 12.2. The summed E-state index contributed by atoms with van der Waals surface area (Å²) < 4.78 is 12.5. The molecule has 24 heavy (non-hydrogen) atoms. The van der Waals surface area contributed by atoms with Crippen molar-refractivity contribution in [2.45, 2.75) is 39.7 Å². The van der Waals surface area contributed by atoms with E-state index in [-0.39, 0.29) is 5.97 Å². The largest absolute Gasteiger partial charge is 0.465 e. The Morgan fingerprint density at radius 2 is 1.96 bits per heavy atom. The van der Waals surface area contributed by atoms with Gasteiger partial charge in [-0.1, -0.05) is 5.57 Å². The second-order valence-corrected chi connectivity index (χ2v) is 6.37. The summed E-state index contributed by atoms with van der Waals surface area (Å²) in [6.07, 6.45) is 3.66. The predicted octanol–water partition coefficient (Wildman–Crippen LogP) is 3.94. The third-order valence-corrected chi connectivity index (χ3v) is 4.15. The summed E-state index contributed by atoms with van der Waals surface area (Å²) in [5, 5.41) is 0.758. The highest BCUT2D eigenvalue weighted by Crippen LogP contribution is 2.42. The highest BCUT2D eigenvalue weighted by atomic mass is 16.5. The van der Waals surface area contributed by atoms with E-state index in [9.17, 15) is 9.59 Å². The second kappa shape index (κ2) is 6.15. The van der Waals surface area contributed by atoms with Gasteiger partial charge < -0.3 is 14.0 Å². The molecule has 2 aromatic rings. The van der Waals surface area contributed by atoms with Gasteiger partial charge in [-0.15, -0.1) is 0 Å². The van der Waals surface area contributed by atoms with E-state index in [1.165, 1.54) is 13.2 Å². The summed E-state index contributed by atoms with van der Waals surface area (Å²) in [5.41, 5.74) is 3.27. The standard InChI is InChI=1S/C19H21NO4/c1-11(2)9-17(21)24-14-7-8-16-15(10-14)18(19(22)23-4)12(3)20(16)13-5-6-13/h7-10,13H,5-6H2,1-4H3. The Balaban J connectivity index is 2.09. The Kier molecular flexibility index (Phi) is 4.18. The van der Waals surface area contributed by atoms with E-state index in [0.717, 1.165) is 35.0 Å². The molecule has 5 heteroatoms. The molecule has 1 heterocycles. The van der Waals surface area contributed by atoms with Gasteiger partial charge in [0.1, 0.15) is 5.75 Å². The number of carbonyl (C=O) groups is 2. The molecule has 1 aliphatic carbocycles. The average Bonchev–Trinajstić information content (AvgIpc) is 3.29. The monoisotopic (exact) mass is 327 g/mol. The topological polar surface area (TPSA) is 57.5 Å². The number of aromatic nitrogens is 1. The van der Waals surface area contributed by atoms with Crippen molar-refractivity contribution in [3.8, 4) is 5.75 Å². The van der Waals surface area contributed by atoms with Gasteiger partial charge in [-0.05, 0) is 51.8 Å². The van der Waals surface area contributed by atoms with Crippen LogP contribution in [0.15, 0.2) is 29.8 Å². The van der Waals surface area contributed by atoms with Crippen molar-refractivity contribution >= 4 is 22.8 Å². The number of hydrogen-bond donors (Lipinski definition) is 0. The molecule has 0 aliphatic heterocycles. The highest BCUT2D eigenvalue weighted by Gasteiger charge is 2.30. The van der Waals surface area contributed by atoms with E-state index in [1.54, 1.807) is 12.1 Å². The Morgan fingerprint density at radius 3 is 2.54 bits per heavy atom. The van der Waals surface area contributed by atoms with Crippen LogP contribution in [-0.4, -0.2) is 23.6 Å². The summed E-state index contributed by atoms with van der Waals surface area (Å²) in [4.78, 5) is 24.1. The predicted molar refractivity (Wildman–Crippen MR) is 91.4 cm³/mol. The molecule has 126 valence electrons. The molecule has 0 amide bonds. The van der Waals surface area contributed by atoms with Gasteiger partial charge in [0.25, 0.3) is 0 Å². The number of carbonyl (C=O) groups excluding carboxylic acids is 2. The van der Waals surface area contributed by atoms with Crippen molar-refractivity contribution in [3.05, 3.63) is 41.1 Å². The van der Waals surface area contributed by atoms with Crippen molar-refractivity contribution in [1.29, 1.82) is 0 Å². The van der Waals surface area contributed by atoms with E-state index in [1.807, 2.05) is 26.8 Å². The Bertz CT molecular complexity index is 852. The first-order chi connectivity index (χ1) is 11.4. The summed E-state index contributed by atoms with van der Waals surface area (Å²) in [6, 6.07) is 5.84. The van der Waals surface area contributed by atoms with Crippen molar-refractivity contribution in [2.24, 2.45) is 0 Å². The fourth-order valence-corrected chi connectivity index (χ4v) is 3.03. The molecule has 3 rings (SSSR count). The molecule has 5 nitrogen and oxygen atoms in total. The van der Waals surface area contributed by atoms with Crippen LogP contribution in [0.2, 0.25) is 0 Å². The molecule has 0 N–H and O–H groups in total. The number of fused-ring (bicyclic) bond motifs is 1. The van der Waals surface area contributed by atoms with Crippen LogP contribution in [0.3, 0.4) is 0 Å².